The molecule has 0 aliphatic carbocycles. The van der Waals surface area contributed by atoms with Crippen LogP contribution in [0.5, 0.6) is 0 Å². The molecule has 0 spiro atoms. The van der Waals surface area contributed by atoms with Gasteiger partial charge in [0.2, 0.25) is 0 Å². The highest BCUT2D eigenvalue weighted by Gasteiger charge is 2.08. The van der Waals surface area contributed by atoms with Gasteiger partial charge in [-0.25, -0.2) is 0 Å². The van der Waals surface area contributed by atoms with Crippen molar-refractivity contribution in [1.82, 2.24) is 0 Å². The smallest absolute Gasteiger partial charge is 0.0998 e. The lowest BCUT2D eigenvalue weighted by atomic mass is 9.93. The van der Waals surface area contributed by atoms with Gasteiger partial charge in [0.25, 0.3) is 0 Å². The van der Waals surface area contributed by atoms with E-state index in [2.05, 4.69) is 56.3 Å². The summed E-state index contributed by atoms with van der Waals surface area (Å²) < 4.78 is 0. The average Bonchev–Trinajstić information content (AvgIpc) is 2.54. The van der Waals surface area contributed by atoms with Crippen LogP contribution in [0.2, 0.25) is 0 Å². The quantitative estimate of drug-likeness (QED) is 0.603. The van der Waals surface area contributed by atoms with Gasteiger partial charge >= 0.3 is 0 Å². The molecule has 0 fully saturated rings. The molecular weight excluding hydrogens is 254 g/mol. The normalized spacial score (nSPS) is 10.8. The first-order valence-corrected chi connectivity index (χ1v) is 7.23. The molecule has 0 radical (unpaired) electrons. The summed E-state index contributed by atoms with van der Waals surface area (Å²) in [6.07, 6.45) is 0. The Bertz CT molecular complexity index is 838. The lowest BCUT2D eigenvalue weighted by Gasteiger charge is -2.11. The largest absolute Gasteiger partial charge is 0.192 e. The number of hydrogen-bond donors (Lipinski definition) is 0. The number of rotatable bonds is 2. The molecule has 1 heteroatoms. The Morgan fingerprint density at radius 2 is 1.62 bits per heavy atom. The second kappa shape index (κ2) is 5.42. The van der Waals surface area contributed by atoms with Crippen molar-refractivity contribution in [3.8, 4) is 17.2 Å². The third-order valence-corrected chi connectivity index (χ3v) is 3.91. The molecule has 0 aromatic heterocycles. The Hall–Kier alpha value is -2.59. The highest BCUT2D eigenvalue weighted by molar-refractivity contribution is 5.99. The van der Waals surface area contributed by atoms with E-state index in [9.17, 15) is 5.26 Å². The monoisotopic (exact) mass is 271 g/mol. The van der Waals surface area contributed by atoms with Crippen LogP contribution in [0.15, 0.2) is 60.7 Å². The van der Waals surface area contributed by atoms with Crippen LogP contribution in [0.3, 0.4) is 0 Å². The molecule has 102 valence electrons. The molecule has 0 saturated heterocycles. The van der Waals surface area contributed by atoms with Gasteiger partial charge in [-0.05, 0) is 34.1 Å². The van der Waals surface area contributed by atoms with Crippen molar-refractivity contribution in [2.45, 2.75) is 19.8 Å². The SMILES string of the molecule is CC(C)c1cccc(-c2ccc(C#N)c3ccccc23)c1. The molecule has 0 bridgehead atoms. The standard InChI is InChI=1S/C20H17N/c1-14(2)15-6-5-7-16(12-15)19-11-10-17(13-21)18-8-3-4-9-20(18)19/h3-12,14H,1-2H3. The molecule has 3 aromatic rings. The van der Waals surface area contributed by atoms with E-state index in [0.717, 1.165) is 16.3 Å². The Kier molecular flexibility index (Phi) is 3.46. The van der Waals surface area contributed by atoms with Crippen LogP contribution < -0.4 is 0 Å². The minimum atomic E-state index is 0.509. The van der Waals surface area contributed by atoms with E-state index in [1.165, 1.54) is 16.7 Å². The van der Waals surface area contributed by atoms with Gasteiger partial charge in [-0.1, -0.05) is 68.4 Å². The summed E-state index contributed by atoms with van der Waals surface area (Å²) in [5, 5.41) is 11.4. The first-order valence-electron chi connectivity index (χ1n) is 7.23. The number of nitrogens with zero attached hydrogens (tertiary/aromatic N) is 1. The zero-order valence-electron chi connectivity index (χ0n) is 12.3. The maximum Gasteiger partial charge on any atom is 0.0998 e. The summed E-state index contributed by atoms with van der Waals surface area (Å²) in [5.74, 6) is 0.509. The molecule has 3 aromatic carbocycles. The highest BCUT2D eigenvalue weighted by atomic mass is 14.2. The zero-order chi connectivity index (χ0) is 14.8. The average molecular weight is 271 g/mol. The van der Waals surface area contributed by atoms with Gasteiger partial charge in [0.05, 0.1) is 11.6 Å². The Morgan fingerprint density at radius 3 is 2.33 bits per heavy atom. The van der Waals surface area contributed by atoms with Gasteiger partial charge in [-0.15, -0.1) is 0 Å². The maximum atomic E-state index is 9.26. The van der Waals surface area contributed by atoms with Crippen molar-refractivity contribution in [3.05, 3.63) is 71.8 Å². The lowest BCUT2D eigenvalue weighted by Crippen LogP contribution is -1.89. The van der Waals surface area contributed by atoms with Gasteiger partial charge in [-0.2, -0.15) is 5.26 Å². The fraction of sp³-hybridized carbons (Fsp3) is 0.150. The molecular formula is C20H17N. The van der Waals surface area contributed by atoms with Crippen LogP contribution in [-0.4, -0.2) is 0 Å². The van der Waals surface area contributed by atoms with E-state index < -0.39 is 0 Å². The van der Waals surface area contributed by atoms with E-state index in [1.807, 2.05) is 24.3 Å². The third-order valence-electron chi connectivity index (χ3n) is 3.91. The van der Waals surface area contributed by atoms with E-state index in [4.69, 9.17) is 0 Å². The summed E-state index contributed by atoms with van der Waals surface area (Å²) >= 11 is 0. The van der Waals surface area contributed by atoms with Gasteiger partial charge in [0.1, 0.15) is 0 Å². The van der Waals surface area contributed by atoms with Gasteiger partial charge < -0.3 is 0 Å². The topological polar surface area (TPSA) is 23.8 Å². The Balaban J connectivity index is 2.27. The molecule has 0 N–H and O–H groups in total. The van der Waals surface area contributed by atoms with E-state index in [0.29, 0.717) is 5.92 Å². The van der Waals surface area contributed by atoms with Crippen LogP contribution >= 0.6 is 0 Å². The third kappa shape index (κ3) is 2.41. The minimum Gasteiger partial charge on any atom is -0.192 e. The number of hydrogen-bond acceptors (Lipinski definition) is 1. The predicted octanol–water partition coefficient (Wildman–Crippen LogP) is 5.50. The van der Waals surface area contributed by atoms with Crippen molar-refractivity contribution in [3.63, 3.8) is 0 Å². The van der Waals surface area contributed by atoms with Crippen molar-refractivity contribution >= 4 is 10.8 Å². The number of fused-ring (bicyclic) bond motifs is 1. The van der Waals surface area contributed by atoms with E-state index >= 15 is 0 Å². The summed E-state index contributed by atoms with van der Waals surface area (Å²) in [4.78, 5) is 0. The van der Waals surface area contributed by atoms with E-state index in [-0.39, 0.29) is 0 Å². The van der Waals surface area contributed by atoms with Gasteiger partial charge in [-0.3, -0.25) is 0 Å². The highest BCUT2D eigenvalue weighted by Crippen LogP contribution is 2.32. The fourth-order valence-corrected chi connectivity index (χ4v) is 2.71. The molecule has 0 heterocycles. The van der Waals surface area contributed by atoms with Crippen molar-refractivity contribution in [2.75, 3.05) is 0 Å². The van der Waals surface area contributed by atoms with Crippen molar-refractivity contribution < 1.29 is 0 Å². The summed E-state index contributed by atoms with van der Waals surface area (Å²) in [7, 11) is 0. The fourth-order valence-electron chi connectivity index (χ4n) is 2.71. The van der Waals surface area contributed by atoms with Crippen LogP contribution in [0.25, 0.3) is 21.9 Å². The molecule has 3 rings (SSSR count). The zero-order valence-corrected chi connectivity index (χ0v) is 12.3. The predicted molar refractivity (Wildman–Crippen MR) is 88.2 cm³/mol. The molecule has 1 nitrogen and oxygen atoms in total. The molecule has 0 unspecified atom stereocenters. The molecule has 0 saturated carbocycles. The second-order valence-corrected chi connectivity index (χ2v) is 5.60. The maximum absolute atomic E-state index is 9.26. The molecule has 0 amide bonds. The molecule has 0 aliphatic rings. The van der Waals surface area contributed by atoms with Crippen molar-refractivity contribution in [1.29, 1.82) is 5.26 Å². The summed E-state index contributed by atoms with van der Waals surface area (Å²) in [6, 6.07) is 23.0. The van der Waals surface area contributed by atoms with Gasteiger partial charge in [0, 0.05) is 5.39 Å². The second-order valence-electron chi connectivity index (χ2n) is 5.60. The summed E-state index contributed by atoms with van der Waals surface area (Å²) in [5.41, 5.74) is 4.46. The van der Waals surface area contributed by atoms with Crippen LogP contribution in [0.4, 0.5) is 0 Å². The van der Waals surface area contributed by atoms with Crippen LogP contribution in [-0.2, 0) is 0 Å². The Morgan fingerprint density at radius 1 is 0.857 bits per heavy atom. The Labute approximate surface area is 125 Å². The van der Waals surface area contributed by atoms with Gasteiger partial charge in [0.15, 0.2) is 0 Å². The molecule has 0 aliphatic heterocycles. The minimum absolute atomic E-state index is 0.509. The number of benzene rings is 3. The molecule has 21 heavy (non-hydrogen) atoms. The first-order chi connectivity index (χ1) is 10.2. The van der Waals surface area contributed by atoms with E-state index in [1.54, 1.807) is 0 Å². The van der Waals surface area contributed by atoms with Crippen LogP contribution in [0.1, 0.15) is 30.9 Å². The van der Waals surface area contributed by atoms with Crippen molar-refractivity contribution in [2.24, 2.45) is 0 Å². The number of nitriles is 1. The lowest BCUT2D eigenvalue weighted by molar-refractivity contribution is 0.867. The first kappa shape index (κ1) is 13.4. The van der Waals surface area contributed by atoms with Crippen LogP contribution in [0, 0.1) is 11.3 Å². The molecule has 0 atom stereocenters. The summed E-state index contributed by atoms with van der Waals surface area (Å²) in [6.45, 7) is 4.41.